The lowest BCUT2D eigenvalue weighted by Crippen LogP contribution is -2.61. The molecule has 1 saturated heterocycles. The topological polar surface area (TPSA) is 61.4 Å². The van der Waals surface area contributed by atoms with Gasteiger partial charge in [0.1, 0.15) is 0 Å². The van der Waals surface area contributed by atoms with Gasteiger partial charge in [0.15, 0.2) is 11.6 Å². The Hall–Kier alpha value is -1.04. The van der Waals surface area contributed by atoms with Crippen molar-refractivity contribution in [2.45, 2.75) is 84.3 Å². The highest BCUT2D eigenvalue weighted by Crippen LogP contribution is 2.27. The number of allylic oxidation sites excluding steroid dienone is 1. The normalized spacial score (nSPS) is 35.4. The molecule has 0 spiro atoms. The molecule has 0 saturated carbocycles. The van der Waals surface area contributed by atoms with E-state index >= 15 is 0 Å². The van der Waals surface area contributed by atoms with Gasteiger partial charge in [0.05, 0.1) is 17.6 Å². The Kier molecular flexibility index (Phi) is 8.00. The first kappa shape index (κ1) is 23.2. The maximum atomic E-state index is 13.3. The number of rotatable bonds is 4. The number of fused-ring (bicyclic) bond motifs is 2. The zero-order chi connectivity index (χ0) is 20.9. The molecule has 2 bridgehead atoms. The van der Waals surface area contributed by atoms with E-state index in [1.54, 1.807) is 0 Å². The number of hydrogen-bond donors (Lipinski definition) is 2. The fraction of sp³-hybridized carbons (Fsp3) is 0.826. The molecule has 2 aliphatic heterocycles. The first-order valence-corrected chi connectivity index (χ1v) is 11.1. The zero-order valence-electron chi connectivity index (χ0n) is 18.8. The molecule has 2 N–H and O–H groups in total. The van der Waals surface area contributed by atoms with Crippen LogP contribution in [0.4, 0.5) is 0 Å². The summed E-state index contributed by atoms with van der Waals surface area (Å²) in [5.41, 5.74) is -1.17. The second-order valence-electron chi connectivity index (χ2n) is 9.79. The number of hydrogen-bond acceptors (Lipinski definition) is 5. The zero-order valence-corrected chi connectivity index (χ0v) is 18.8. The minimum absolute atomic E-state index is 0.0443. The predicted molar refractivity (Wildman–Crippen MR) is 115 cm³/mol. The molecule has 0 amide bonds. The van der Waals surface area contributed by atoms with Crippen LogP contribution in [0.5, 0.6) is 0 Å². The van der Waals surface area contributed by atoms with Gasteiger partial charge in [0.2, 0.25) is 0 Å². The maximum absolute atomic E-state index is 13.3. The van der Waals surface area contributed by atoms with Gasteiger partial charge in [-0.3, -0.25) is 19.8 Å². The van der Waals surface area contributed by atoms with E-state index in [1.165, 1.54) is 0 Å². The Labute approximate surface area is 171 Å². The van der Waals surface area contributed by atoms with Crippen LogP contribution < -0.4 is 10.6 Å². The molecule has 0 radical (unpaired) electrons. The highest BCUT2D eigenvalue weighted by molar-refractivity contribution is 5.93. The van der Waals surface area contributed by atoms with Crippen molar-refractivity contribution in [2.75, 3.05) is 26.2 Å². The van der Waals surface area contributed by atoms with Crippen LogP contribution in [0.15, 0.2) is 12.2 Å². The largest absolute Gasteiger partial charge is 0.303 e. The Morgan fingerprint density at radius 1 is 1.29 bits per heavy atom. The van der Waals surface area contributed by atoms with Crippen LogP contribution in [-0.4, -0.2) is 59.8 Å². The van der Waals surface area contributed by atoms with E-state index in [1.807, 2.05) is 20.8 Å². The molecule has 0 aliphatic carbocycles. The van der Waals surface area contributed by atoms with Crippen LogP contribution in [-0.2, 0) is 9.59 Å². The van der Waals surface area contributed by atoms with Crippen molar-refractivity contribution in [1.82, 2.24) is 15.5 Å². The third kappa shape index (κ3) is 5.74. The minimum Gasteiger partial charge on any atom is -0.303 e. The predicted octanol–water partition coefficient (Wildman–Crippen LogP) is 2.95. The summed E-state index contributed by atoms with van der Waals surface area (Å²) in [6.07, 6.45) is 8.23. The molecule has 160 valence electrons. The van der Waals surface area contributed by atoms with Crippen LogP contribution in [0, 0.1) is 11.8 Å². The molecular formula is C23H41N3O2. The minimum atomic E-state index is -0.605. The third-order valence-electron chi connectivity index (χ3n) is 6.32. The van der Waals surface area contributed by atoms with Crippen LogP contribution >= 0.6 is 0 Å². The van der Waals surface area contributed by atoms with E-state index in [2.05, 4.69) is 48.5 Å². The van der Waals surface area contributed by atoms with Gasteiger partial charge in [0.25, 0.3) is 0 Å². The summed E-state index contributed by atoms with van der Waals surface area (Å²) in [4.78, 5) is 28.7. The van der Waals surface area contributed by atoms with Crippen molar-refractivity contribution >= 4 is 11.6 Å². The van der Waals surface area contributed by atoms with Crippen molar-refractivity contribution in [3.63, 3.8) is 0 Å². The van der Waals surface area contributed by atoms with Gasteiger partial charge < -0.3 is 5.32 Å². The van der Waals surface area contributed by atoms with E-state index < -0.39 is 11.1 Å². The van der Waals surface area contributed by atoms with E-state index in [4.69, 9.17) is 0 Å². The first-order valence-electron chi connectivity index (χ1n) is 11.1. The Morgan fingerprint density at radius 2 is 2.00 bits per heavy atom. The van der Waals surface area contributed by atoms with Crippen LogP contribution in [0.3, 0.4) is 0 Å². The Balaban J connectivity index is 2.28. The average molecular weight is 392 g/mol. The summed E-state index contributed by atoms with van der Waals surface area (Å²) >= 11 is 0. The highest BCUT2D eigenvalue weighted by Gasteiger charge is 2.45. The molecule has 5 nitrogen and oxygen atoms in total. The Bertz CT molecular complexity index is 586. The molecule has 2 rings (SSSR count). The summed E-state index contributed by atoms with van der Waals surface area (Å²) in [7, 11) is 0. The van der Waals surface area contributed by atoms with Gasteiger partial charge in [-0.2, -0.15) is 0 Å². The Morgan fingerprint density at radius 3 is 2.64 bits per heavy atom. The molecule has 28 heavy (non-hydrogen) atoms. The standard InChI is InChI=1S/C23H41N3O2/c1-17(2)21(28)23-12-14-26(16-23)13-8-10-19(5)9-7-11-22(6,25-18(3)4)20(27)15-24-23/h8,10,17-19,24-25H,7,9,11-16H2,1-6H3/t19?,22-,23-/m0/s1. The van der Waals surface area contributed by atoms with Crippen molar-refractivity contribution in [3.8, 4) is 0 Å². The molecule has 2 heterocycles. The van der Waals surface area contributed by atoms with Crippen molar-refractivity contribution < 1.29 is 9.59 Å². The molecule has 0 aromatic heterocycles. The summed E-state index contributed by atoms with van der Waals surface area (Å²) in [6.45, 7) is 15.1. The quantitative estimate of drug-likeness (QED) is 0.722. The fourth-order valence-electron chi connectivity index (χ4n) is 4.72. The summed E-state index contributed by atoms with van der Waals surface area (Å²) in [5, 5.41) is 6.95. The fourth-order valence-corrected chi connectivity index (χ4v) is 4.72. The lowest BCUT2D eigenvalue weighted by atomic mass is 9.84. The molecule has 2 unspecified atom stereocenters. The third-order valence-corrected chi connectivity index (χ3v) is 6.32. The van der Waals surface area contributed by atoms with Gasteiger partial charge >= 0.3 is 0 Å². The van der Waals surface area contributed by atoms with E-state index in [9.17, 15) is 9.59 Å². The van der Waals surface area contributed by atoms with Gasteiger partial charge in [-0.15, -0.1) is 0 Å². The monoisotopic (exact) mass is 391 g/mol. The van der Waals surface area contributed by atoms with Gasteiger partial charge in [0, 0.05) is 31.6 Å². The molecule has 1 fully saturated rings. The summed E-state index contributed by atoms with van der Waals surface area (Å²) in [6, 6.07) is 0.235. The number of ketones is 2. The average Bonchev–Trinajstić information content (AvgIpc) is 3.02. The highest BCUT2D eigenvalue weighted by atomic mass is 16.1. The number of carbonyl (C=O) groups excluding carboxylic acids is 2. The second-order valence-corrected chi connectivity index (χ2v) is 9.79. The second kappa shape index (κ2) is 9.64. The summed E-state index contributed by atoms with van der Waals surface area (Å²) in [5.74, 6) is 0.850. The van der Waals surface area contributed by atoms with Gasteiger partial charge in [-0.05, 0) is 46.0 Å². The van der Waals surface area contributed by atoms with Crippen LogP contribution in [0.25, 0.3) is 0 Å². The molecule has 0 aromatic rings. The lowest BCUT2D eigenvalue weighted by Gasteiger charge is -2.35. The molecule has 4 atom stereocenters. The molecule has 0 aromatic carbocycles. The van der Waals surface area contributed by atoms with Crippen molar-refractivity contribution in [2.24, 2.45) is 11.8 Å². The van der Waals surface area contributed by atoms with Crippen molar-refractivity contribution in [1.29, 1.82) is 0 Å². The van der Waals surface area contributed by atoms with Crippen molar-refractivity contribution in [3.05, 3.63) is 12.2 Å². The van der Waals surface area contributed by atoms with E-state index in [-0.39, 0.29) is 30.1 Å². The SMILES string of the molecule is CC1C=CCN2CC[C@@](C(=O)C(C)C)(C2)NCC(=O)[C@@](C)(NC(C)C)CCC1. The smallest absolute Gasteiger partial charge is 0.166 e. The van der Waals surface area contributed by atoms with Gasteiger partial charge in [-0.25, -0.2) is 0 Å². The number of Topliss-reactive ketones (excluding diaryl/α,β-unsaturated/α-hetero) is 2. The van der Waals surface area contributed by atoms with E-state index in [0.29, 0.717) is 12.5 Å². The molecule has 5 heteroatoms. The molecule has 2 aliphatic rings. The van der Waals surface area contributed by atoms with Crippen LogP contribution in [0.2, 0.25) is 0 Å². The van der Waals surface area contributed by atoms with E-state index in [0.717, 1.165) is 38.8 Å². The van der Waals surface area contributed by atoms with Gasteiger partial charge in [-0.1, -0.05) is 39.3 Å². The summed E-state index contributed by atoms with van der Waals surface area (Å²) < 4.78 is 0. The molecular weight excluding hydrogens is 350 g/mol. The maximum Gasteiger partial charge on any atom is 0.166 e. The first-order chi connectivity index (χ1) is 13.1. The number of nitrogens with one attached hydrogen (secondary N) is 2. The van der Waals surface area contributed by atoms with Crippen LogP contribution in [0.1, 0.15) is 67.2 Å². The number of carbonyl (C=O) groups is 2. The number of nitrogens with zero attached hydrogens (tertiary/aromatic N) is 1. The lowest BCUT2D eigenvalue weighted by molar-refractivity contribution is -0.129.